The van der Waals surface area contributed by atoms with Crippen molar-refractivity contribution in [1.29, 1.82) is 0 Å². The fraction of sp³-hybridized carbons (Fsp3) is 0.333. The summed E-state index contributed by atoms with van der Waals surface area (Å²) in [5.74, 6) is 0.984. The van der Waals surface area contributed by atoms with E-state index in [1.807, 2.05) is 36.2 Å². The summed E-state index contributed by atoms with van der Waals surface area (Å²) < 4.78 is 0. The zero-order chi connectivity index (χ0) is 12.5. The molecule has 1 aromatic carbocycles. The average molecular weight is 259 g/mol. The lowest BCUT2D eigenvalue weighted by Crippen LogP contribution is -2.28. The lowest BCUT2D eigenvalue weighted by atomic mass is 10.2. The zero-order valence-electron chi connectivity index (χ0n) is 10.00. The summed E-state index contributed by atoms with van der Waals surface area (Å²) in [5, 5.41) is 8.60. The average Bonchev–Trinajstić information content (AvgIpc) is 2.92. The molecule has 1 aliphatic heterocycles. The zero-order valence-corrected chi connectivity index (χ0v) is 10.8. The van der Waals surface area contributed by atoms with Crippen LogP contribution < -0.4 is 0 Å². The Morgan fingerprint density at radius 3 is 2.94 bits per heavy atom. The van der Waals surface area contributed by atoms with Crippen LogP contribution in [0.25, 0.3) is 11.0 Å². The minimum Gasteiger partial charge on any atom is -0.342 e. The standard InChI is InChI=1S/C12H13N5S/c1-17-11(15-16-12(17)18)7-6-10-13-8-4-2-3-5-9(8)14-10/h2-5,11H,6-7H2,1H3,(H,13,14). The molecule has 1 atom stereocenters. The normalized spacial score (nSPS) is 19.1. The molecule has 0 spiro atoms. The Hall–Kier alpha value is -1.82. The van der Waals surface area contributed by atoms with Crippen LogP contribution in [0.2, 0.25) is 0 Å². The molecule has 6 heteroatoms. The first kappa shape index (κ1) is 11.3. The molecule has 3 rings (SSSR count). The van der Waals surface area contributed by atoms with E-state index in [1.54, 1.807) is 0 Å². The molecular formula is C12H13N5S. The maximum atomic E-state index is 5.04. The molecule has 2 heterocycles. The van der Waals surface area contributed by atoms with Gasteiger partial charge in [-0.3, -0.25) is 0 Å². The molecule has 1 unspecified atom stereocenters. The van der Waals surface area contributed by atoms with Crippen molar-refractivity contribution in [2.45, 2.75) is 19.0 Å². The number of rotatable bonds is 3. The Morgan fingerprint density at radius 1 is 1.39 bits per heavy atom. The maximum Gasteiger partial charge on any atom is 0.217 e. The van der Waals surface area contributed by atoms with E-state index in [0.29, 0.717) is 5.11 Å². The first-order valence-electron chi connectivity index (χ1n) is 5.85. The van der Waals surface area contributed by atoms with Gasteiger partial charge in [0.1, 0.15) is 12.0 Å². The van der Waals surface area contributed by atoms with Crippen LogP contribution in [0.15, 0.2) is 34.5 Å². The molecule has 1 N–H and O–H groups in total. The summed E-state index contributed by atoms with van der Waals surface area (Å²) in [5.41, 5.74) is 2.08. The molecule has 92 valence electrons. The largest absolute Gasteiger partial charge is 0.342 e. The second kappa shape index (κ2) is 4.45. The van der Waals surface area contributed by atoms with Crippen molar-refractivity contribution in [1.82, 2.24) is 14.9 Å². The lowest BCUT2D eigenvalue weighted by Gasteiger charge is -2.16. The predicted octanol–water partition coefficient (Wildman–Crippen LogP) is 2.50. The number of benzene rings is 1. The first-order chi connectivity index (χ1) is 8.74. The van der Waals surface area contributed by atoms with Crippen LogP contribution in [0.5, 0.6) is 0 Å². The van der Waals surface area contributed by atoms with Gasteiger partial charge in [-0.05, 0) is 30.8 Å². The molecule has 0 saturated carbocycles. The Bertz CT molecular complexity index is 585. The number of nitrogens with one attached hydrogen (secondary N) is 1. The third-order valence-electron chi connectivity index (χ3n) is 3.10. The topological polar surface area (TPSA) is 56.6 Å². The Kier molecular flexibility index (Phi) is 2.79. The number of thiocarbonyl (C=S) groups is 1. The van der Waals surface area contributed by atoms with Crippen molar-refractivity contribution in [3.63, 3.8) is 0 Å². The third kappa shape index (κ3) is 1.99. The van der Waals surface area contributed by atoms with Crippen LogP contribution in [-0.4, -0.2) is 33.2 Å². The molecule has 0 fully saturated rings. The second-order valence-electron chi connectivity index (χ2n) is 4.33. The number of azo groups is 1. The number of hydrogen-bond acceptors (Lipinski definition) is 3. The van der Waals surface area contributed by atoms with Crippen LogP contribution >= 0.6 is 12.2 Å². The van der Waals surface area contributed by atoms with Gasteiger partial charge in [0.25, 0.3) is 0 Å². The van der Waals surface area contributed by atoms with Gasteiger partial charge in [0.05, 0.1) is 11.0 Å². The highest BCUT2D eigenvalue weighted by Gasteiger charge is 2.22. The van der Waals surface area contributed by atoms with Crippen LogP contribution in [-0.2, 0) is 6.42 Å². The third-order valence-corrected chi connectivity index (χ3v) is 3.47. The van der Waals surface area contributed by atoms with Gasteiger partial charge in [-0.25, -0.2) is 4.98 Å². The molecule has 5 nitrogen and oxygen atoms in total. The van der Waals surface area contributed by atoms with Crippen molar-refractivity contribution in [3.05, 3.63) is 30.1 Å². The van der Waals surface area contributed by atoms with E-state index in [-0.39, 0.29) is 6.17 Å². The van der Waals surface area contributed by atoms with Crippen molar-refractivity contribution in [2.24, 2.45) is 10.2 Å². The number of fused-ring (bicyclic) bond motifs is 1. The quantitative estimate of drug-likeness (QED) is 0.862. The van der Waals surface area contributed by atoms with Gasteiger partial charge in [-0.1, -0.05) is 12.1 Å². The van der Waals surface area contributed by atoms with Crippen molar-refractivity contribution in [2.75, 3.05) is 7.05 Å². The number of aryl methyl sites for hydroxylation is 1. The number of aromatic amines is 1. The smallest absolute Gasteiger partial charge is 0.217 e. The number of hydrogen-bond donors (Lipinski definition) is 1. The Balaban J connectivity index is 1.70. The van der Waals surface area contributed by atoms with E-state index in [4.69, 9.17) is 12.2 Å². The van der Waals surface area contributed by atoms with Gasteiger partial charge < -0.3 is 9.88 Å². The van der Waals surface area contributed by atoms with Crippen LogP contribution in [0.1, 0.15) is 12.2 Å². The minimum atomic E-state index is 0.0470. The van der Waals surface area contributed by atoms with Gasteiger partial charge >= 0.3 is 0 Å². The fourth-order valence-corrected chi connectivity index (χ4v) is 2.20. The molecule has 0 saturated heterocycles. The SMILES string of the molecule is CN1C(=S)N=NC1CCc1nc2ccccc2[nH]1. The summed E-state index contributed by atoms with van der Waals surface area (Å²) in [6.07, 6.45) is 1.75. The highest BCUT2D eigenvalue weighted by Crippen LogP contribution is 2.17. The van der Waals surface area contributed by atoms with Gasteiger partial charge in [-0.2, -0.15) is 5.11 Å². The molecule has 18 heavy (non-hydrogen) atoms. The first-order valence-corrected chi connectivity index (χ1v) is 6.26. The predicted molar refractivity (Wildman–Crippen MR) is 73.4 cm³/mol. The van der Waals surface area contributed by atoms with E-state index in [0.717, 1.165) is 29.7 Å². The molecule has 1 aromatic heterocycles. The maximum absolute atomic E-state index is 5.04. The van der Waals surface area contributed by atoms with Crippen LogP contribution in [0.4, 0.5) is 0 Å². The van der Waals surface area contributed by atoms with Crippen LogP contribution in [0.3, 0.4) is 0 Å². The number of H-pyrrole nitrogens is 1. The summed E-state index contributed by atoms with van der Waals surface area (Å²) in [6, 6.07) is 8.03. The highest BCUT2D eigenvalue weighted by molar-refractivity contribution is 7.80. The molecule has 2 aromatic rings. The van der Waals surface area contributed by atoms with Gasteiger partial charge in [0.2, 0.25) is 5.11 Å². The highest BCUT2D eigenvalue weighted by atomic mass is 32.1. The summed E-state index contributed by atoms with van der Waals surface area (Å²) >= 11 is 5.04. The summed E-state index contributed by atoms with van der Waals surface area (Å²) in [4.78, 5) is 9.76. The molecular weight excluding hydrogens is 246 g/mol. The second-order valence-corrected chi connectivity index (χ2v) is 4.69. The molecule has 0 amide bonds. The molecule has 1 aliphatic rings. The van der Waals surface area contributed by atoms with E-state index in [2.05, 4.69) is 20.2 Å². The molecule has 0 bridgehead atoms. The van der Waals surface area contributed by atoms with Gasteiger partial charge in [0.15, 0.2) is 0 Å². The monoisotopic (exact) mass is 259 g/mol. The Labute approximate surface area is 110 Å². The molecule has 0 aliphatic carbocycles. The van der Waals surface area contributed by atoms with Crippen molar-refractivity contribution < 1.29 is 0 Å². The van der Waals surface area contributed by atoms with Crippen molar-refractivity contribution in [3.8, 4) is 0 Å². The number of imidazole rings is 1. The lowest BCUT2D eigenvalue weighted by molar-refractivity contribution is 0.376. The number of aromatic nitrogens is 2. The molecule has 0 radical (unpaired) electrons. The fourth-order valence-electron chi connectivity index (χ4n) is 2.03. The van der Waals surface area contributed by atoms with Crippen molar-refractivity contribution >= 4 is 28.4 Å². The van der Waals surface area contributed by atoms with Crippen LogP contribution in [0, 0.1) is 0 Å². The van der Waals surface area contributed by atoms with E-state index < -0.39 is 0 Å². The van der Waals surface area contributed by atoms with E-state index in [9.17, 15) is 0 Å². The number of nitrogens with zero attached hydrogens (tertiary/aromatic N) is 4. The Morgan fingerprint density at radius 2 is 2.22 bits per heavy atom. The number of para-hydroxylation sites is 2. The van der Waals surface area contributed by atoms with E-state index >= 15 is 0 Å². The minimum absolute atomic E-state index is 0.0470. The van der Waals surface area contributed by atoms with Gasteiger partial charge in [0, 0.05) is 13.5 Å². The summed E-state index contributed by atoms with van der Waals surface area (Å²) in [6.45, 7) is 0. The van der Waals surface area contributed by atoms with E-state index in [1.165, 1.54) is 0 Å². The van der Waals surface area contributed by atoms with Gasteiger partial charge in [-0.15, -0.1) is 5.11 Å². The summed E-state index contributed by atoms with van der Waals surface area (Å²) in [7, 11) is 1.92.